The van der Waals surface area contributed by atoms with Crippen LogP contribution in [0.25, 0.3) is 0 Å². The fourth-order valence-corrected chi connectivity index (χ4v) is 2.65. The zero-order valence-corrected chi connectivity index (χ0v) is 11.4. The van der Waals surface area contributed by atoms with Gasteiger partial charge in [0.1, 0.15) is 0 Å². The van der Waals surface area contributed by atoms with E-state index in [2.05, 4.69) is 47.5 Å². The largest absolute Gasteiger partial charge is 0.383 e. The minimum Gasteiger partial charge on any atom is -0.383 e. The third-order valence-corrected chi connectivity index (χ3v) is 3.79. The van der Waals surface area contributed by atoms with E-state index in [0.717, 1.165) is 26.2 Å². The van der Waals surface area contributed by atoms with Crippen LogP contribution in [0.3, 0.4) is 0 Å². The number of nitrogens with zero attached hydrogens (tertiary/aromatic N) is 1. The first-order valence-electron chi connectivity index (χ1n) is 6.86. The van der Waals surface area contributed by atoms with Crippen molar-refractivity contribution in [1.29, 1.82) is 0 Å². The van der Waals surface area contributed by atoms with Gasteiger partial charge in [-0.2, -0.15) is 0 Å². The topological polar surface area (TPSA) is 24.5 Å². The van der Waals surface area contributed by atoms with E-state index >= 15 is 0 Å². The molecule has 0 saturated carbocycles. The van der Waals surface area contributed by atoms with Gasteiger partial charge in [-0.25, -0.2) is 0 Å². The molecule has 0 bridgehead atoms. The Morgan fingerprint density at radius 1 is 1.33 bits per heavy atom. The van der Waals surface area contributed by atoms with Crippen LogP contribution in [0.4, 0.5) is 0 Å². The first-order chi connectivity index (χ1) is 8.85. The van der Waals surface area contributed by atoms with Crippen LogP contribution >= 0.6 is 0 Å². The number of nitrogens with one attached hydrogen (secondary N) is 1. The van der Waals surface area contributed by atoms with E-state index in [1.807, 2.05) is 0 Å². The molecular weight excluding hydrogens is 224 g/mol. The summed E-state index contributed by atoms with van der Waals surface area (Å²) in [5, 5.41) is 3.66. The van der Waals surface area contributed by atoms with Crippen LogP contribution in [0.2, 0.25) is 0 Å². The maximum absolute atomic E-state index is 5.22. The molecule has 0 spiro atoms. The zero-order valence-electron chi connectivity index (χ0n) is 11.4. The van der Waals surface area contributed by atoms with E-state index in [0.29, 0.717) is 12.1 Å². The second-order valence-electron chi connectivity index (χ2n) is 4.92. The average Bonchev–Trinajstić information content (AvgIpc) is 2.45. The van der Waals surface area contributed by atoms with Gasteiger partial charge in [-0.1, -0.05) is 37.3 Å². The molecule has 1 saturated heterocycles. The summed E-state index contributed by atoms with van der Waals surface area (Å²) in [7, 11) is 1.78. The van der Waals surface area contributed by atoms with Crippen LogP contribution in [0.15, 0.2) is 30.3 Å². The summed E-state index contributed by atoms with van der Waals surface area (Å²) >= 11 is 0. The molecule has 2 rings (SSSR count). The minimum atomic E-state index is 0.450. The maximum Gasteiger partial charge on any atom is 0.0589 e. The summed E-state index contributed by atoms with van der Waals surface area (Å²) in [5.74, 6) is 0. The Morgan fingerprint density at radius 2 is 2.11 bits per heavy atom. The van der Waals surface area contributed by atoms with E-state index in [-0.39, 0.29) is 0 Å². The summed E-state index contributed by atoms with van der Waals surface area (Å²) in [6.45, 7) is 6.25. The first-order valence-corrected chi connectivity index (χ1v) is 6.86. The summed E-state index contributed by atoms with van der Waals surface area (Å²) in [4.78, 5) is 2.55. The van der Waals surface area contributed by atoms with E-state index in [1.165, 1.54) is 12.0 Å². The lowest BCUT2D eigenvalue weighted by molar-refractivity contribution is 0.0845. The standard InChI is InChI=1S/C15H24N2O/c1-3-14-11-16-15(12-17(14)9-10-18-2)13-7-5-4-6-8-13/h4-8,14-16H,3,9-12H2,1-2H3. The van der Waals surface area contributed by atoms with Crippen LogP contribution in [-0.4, -0.2) is 44.3 Å². The van der Waals surface area contributed by atoms with Crippen molar-refractivity contribution in [1.82, 2.24) is 10.2 Å². The third-order valence-electron chi connectivity index (χ3n) is 3.79. The van der Waals surface area contributed by atoms with Gasteiger partial charge < -0.3 is 10.1 Å². The van der Waals surface area contributed by atoms with E-state index in [1.54, 1.807) is 7.11 Å². The minimum absolute atomic E-state index is 0.450. The van der Waals surface area contributed by atoms with Crippen molar-refractivity contribution in [3.8, 4) is 0 Å². The summed E-state index contributed by atoms with van der Waals surface area (Å²) < 4.78 is 5.22. The van der Waals surface area contributed by atoms with E-state index < -0.39 is 0 Å². The third kappa shape index (κ3) is 3.31. The first kappa shape index (κ1) is 13.5. The predicted molar refractivity (Wildman–Crippen MR) is 74.7 cm³/mol. The molecular formula is C15H24N2O. The Labute approximate surface area is 110 Å². The number of ether oxygens (including phenoxy) is 1. The number of methoxy groups -OCH3 is 1. The van der Waals surface area contributed by atoms with Crippen molar-refractivity contribution >= 4 is 0 Å². The lowest BCUT2D eigenvalue weighted by Gasteiger charge is -2.40. The lowest BCUT2D eigenvalue weighted by atomic mass is 10.0. The van der Waals surface area contributed by atoms with Crippen molar-refractivity contribution in [3.05, 3.63) is 35.9 Å². The highest BCUT2D eigenvalue weighted by Crippen LogP contribution is 2.20. The molecule has 2 atom stereocenters. The second kappa shape index (κ2) is 6.88. The molecule has 0 amide bonds. The molecule has 1 fully saturated rings. The highest BCUT2D eigenvalue weighted by Gasteiger charge is 2.26. The normalized spacial score (nSPS) is 25.2. The fraction of sp³-hybridized carbons (Fsp3) is 0.600. The van der Waals surface area contributed by atoms with Crippen molar-refractivity contribution in [2.75, 3.05) is 33.4 Å². The molecule has 1 N–H and O–H groups in total. The molecule has 18 heavy (non-hydrogen) atoms. The molecule has 1 aliphatic heterocycles. The van der Waals surface area contributed by atoms with Gasteiger partial charge in [0.2, 0.25) is 0 Å². The van der Waals surface area contributed by atoms with Crippen LogP contribution in [-0.2, 0) is 4.74 Å². The highest BCUT2D eigenvalue weighted by molar-refractivity contribution is 5.20. The van der Waals surface area contributed by atoms with Crippen LogP contribution in [0.5, 0.6) is 0 Å². The average molecular weight is 248 g/mol. The van der Waals surface area contributed by atoms with Gasteiger partial charge in [-0.15, -0.1) is 0 Å². The molecule has 1 aliphatic rings. The molecule has 1 aromatic carbocycles. The molecule has 3 heteroatoms. The van der Waals surface area contributed by atoms with Crippen molar-refractivity contribution < 1.29 is 4.74 Å². The van der Waals surface area contributed by atoms with Crippen molar-refractivity contribution in [2.45, 2.75) is 25.4 Å². The molecule has 1 aromatic rings. The van der Waals surface area contributed by atoms with Crippen LogP contribution in [0.1, 0.15) is 24.9 Å². The number of rotatable bonds is 5. The smallest absolute Gasteiger partial charge is 0.0589 e. The summed E-state index contributed by atoms with van der Waals surface area (Å²) in [6.07, 6.45) is 1.19. The quantitative estimate of drug-likeness (QED) is 0.863. The Bertz CT molecular complexity index is 342. The van der Waals surface area contributed by atoms with Crippen molar-refractivity contribution in [3.63, 3.8) is 0 Å². The molecule has 0 aromatic heterocycles. The lowest BCUT2D eigenvalue weighted by Crippen LogP contribution is -2.53. The van der Waals surface area contributed by atoms with Gasteiger partial charge in [0.05, 0.1) is 6.61 Å². The number of benzene rings is 1. The second-order valence-corrected chi connectivity index (χ2v) is 4.92. The van der Waals surface area contributed by atoms with Crippen LogP contribution in [0, 0.1) is 0 Å². The zero-order chi connectivity index (χ0) is 12.8. The molecule has 0 radical (unpaired) electrons. The van der Waals surface area contributed by atoms with Gasteiger partial charge in [-0.3, -0.25) is 4.90 Å². The number of hydrogen-bond acceptors (Lipinski definition) is 3. The number of hydrogen-bond donors (Lipinski definition) is 1. The molecule has 100 valence electrons. The van der Waals surface area contributed by atoms with Gasteiger partial charge in [-0.05, 0) is 12.0 Å². The molecule has 2 unspecified atom stereocenters. The van der Waals surface area contributed by atoms with Gasteiger partial charge in [0.15, 0.2) is 0 Å². The predicted octanol–water partition coefficient (Wildman–Crippen LogP) is 2.06. The monoisotopic (exact) mass is 248 g/mol. The van der Waals surface area contributed by atoms with Gasteiger partial charge in [0.25, 0.3) is 0 Å². The molecule has 3 nitrogen and oxygen atoms in total. The maximum atomic E-state index is 5.22. The van der Waals surface area contributed by atoms with E-state index in [9.17, 15) is 0 Å². The summed E-state index contributed by atoms with van der Waals surface area (Å²) in [5.41, 5.74) is 1.38. The summed E-state index contributed by atoms with van der Waals surface area (Å²) in [6, 6.07) is 11.8. The Morgan fingerprint density at radius 3 is 2.78 bits per heavy atom. The Kier molecular flexibility index (Phi) is 5.17. The van der Waals surface area contributed by atoms with E-state index in [4.69, 9.17) is 4.74 Å². The van der Waals surface area contributed by atoms with Gasteiger partial charge >= 0.3 is 0 Å². The molecule has 1 heterocycles. The Hall–Kier alpha value is -0.900. The fourth-order valence-electron chi connectivity index (χ4n) is 2.65. The van der Waals surface area contributed by atoms with Gasteiger partial charge in [0, 0.05) is 38.8 Å². The van der Waals surface area contributed by atoms with Crippen LogP contribution < -0.4 is 5.32 Å². The SMILES string of the molecule is CCC1CNC(c2ccccc2)CN1CCOC. The Balaban J connectivity index is 2.00. The number of piperazine rings is 1. The molecule has 0 aliphatic carbocycles. The van der Waals surface area contributed by atoms with Crippen molar-refractivity contribution in [2.24, 2.45) is 0 Å². The highest BCUT2D eigenvalue weighted by atomic mass is 16.5.